The van der Waals surface area contributed by atoms with Gasteiger partial charge in [-0.05, 0) is 33.3 Å². The third kappa shape index (κ3) is 5.45. The van der Waals surface area contributed by atoms with Crippen LogP contribution in [0.2, 0.25) is 0 Å². The highest BCUT2D eigenvalue weighted by atomic mass is 32.2. The molecule has 0 aliphatic carbocycles. The van der Waals surface area contributed by atoms with Gasteiger partial charge in [-0.15, -0.1) is 0 Å². The molecule has 1 heterocycles. The van der Waals surface area contributed by atoms with Crippen LogP contribution >= 0.6 is 0 Å². The quantitative estimate of drug-likeness (QED) is 0.896. The number of hydrogen-bond donors (Lipinski definition) is 1. The Morgan fingerprint density at radius 2 is 2.04 bits per heavy atom. The maximum absolute atomic E-state index is 13.6. The number of nitrogens with zero attached hydrogens (tertiary/aromatic N) is 1. The van der Waals surface area contributed by atoms with Gasteiger partial charge in [-0.25, -0.2) is 22.3 Å². The van der Waals surface area contributed by atoms with Gasteiger partial charge in [0.1, 0.15) is 11.4 Å². The number of benzene rings is 1. The summed E-state index contributed by atoms with van der Waals surface area (Å²) in [5, 5.41) is 0. The van der Waals surface area contributed by atoms with Crippen LogP contribution in [0.1, 0.15) is 32.8 Å². The fourth-order valence-corrected chi connectivity index (χ4v) is 3.89. The highest BCUT2D eigenvalue weighted by molar-refractivity contribution is 7.88. The first-order valence-corrected chi connectivity index (χ1v) is 9.42. The average Bonchev–Trinajstić information content (AvgIpc) is 2.87. The summed E-state index contributed by atoms with van der Waals surface area (Å²) < 4.78 is 45.8. The van der Waals surface area contributed by atoms with Crippen molar-refractivity contribution in [1.82, 2.24) is 9.62 Å². The van der Waals surface area contributed by atoms with Crippen LogP contribution in [0.25, 0.3) is 0 Å². The van der Waals surface area contributed by atoms with Crippen LogP contribution in [0.15, 0.2) is 24.3 Å². The molecule has 24 heavy (non-hydrogen) atoms. The van der Waals surface area contributed by atoms with Crippen LogP contribution in [-0.4, -0.2) is 44.1 Å². The molecule has 1 unspecified atom stereocenters. The minimum atomic E-state index is -3.69. The summed E-state index contributed by atoms with van der Waals surface area (Å²) in [4.78, 5) is 13.5. The lowest BCUT2D eigenvalue weighted by Gasteiger charge is -2.24. The molecule has 8 heteroatoms. The van der Waals surface area contributed by atoms with Crippen molar-refractivity contribution in [2.24, 2.45) is 0 Å². The molecular weight excluding hydrogens is 335 g/mol. The molecule has 1 amide bonds. The summed E-state index contributed by atoms with van der Waals surface area (Å²) in [6, 6.07) is 5.37. The zero-order valence-corrected chi connectivity index (χ0v) is 14.9. The lowest BCUT2D eigenvalue weighted by Crippen LogP contribution is -2.40. The number of amides is 1. The van der Waals surface area contributed by atoms with E-state index in [1.165, 1.54) is 23.1 Å². The Bertz CT molecular complexity index is 700. The van der Waals surface area contributed by atoms with E-state index in [0.717, 1.165) is 0 Å². The molecule has 1 atom stereocenters. The second-order valence-corrected chi connectivity index (χ2v) is 8.63. The number of hydrogen-bond acceptors (Lipinski definition) is 4. The van der Waals surface area contributed by atoms with E-state index in [-0.39, 0.29) is 12.1 Å². The van der Waals surface area contributed by atoms with Crippen LogP contribution in [-0.2, 0) is 20.5 Å². The third-order valence-electron chi connectivity index (χ3n) is 3.49. The van der Waals surface area contributed by atoms with Crippen molar-refractivity contribution in [3.8, 4) is 0 Å². The summed E-state index contributed by atoms with van der Waals surface area (Å²) in [6.45, 7) is 5.98. The molecule has 0 aromatic heterocycles. The van der Waals surface area contributed by atoms with Gasteiger partial charge < -0.3 is 9.64 Å². The summed E-state index contributed by atoms with van der Waals surface area (Å²) >= 11 is 0. The summed E-state index contributed by atoms with van der Waals surface area (Å²) in [6.07, 6.45) is 0.0359. The van der Waals surface area contributed by atoms with Crippen molar-refractivity contribution in [3.05, 3.63) is 35.6 Å². The van der Waals surface area contributed by atoms with Crippen LogP contribution in [0, 0.1) is 5.82 Å². The van der Waals surface area contributed by atoms with E-state index < -0.39 is 39.3 Å². The number of ether oxygens (including phenoxy) is 1. The van der Waals surface area contributed by atoms with Gasteiger partial charge in [-0.3, -0.25) is 0 Å². The van der Waals surface area contributed by atoms with E-state index in [4.69, 9.17) is 4.74 Å². The number of sulfonamides is 1. The van der Waals surface area contributed by atoms with Gasteiger partial charge >= 0.3 is 6.09 Å². The van der Waals surface area contributed by atoms with Crippen LogP contribution < -0.4 is 4.72 Å². The number of likely N-dealkylation sites (tertiary alicyclic amines) is 1. The predicted octanol–water partition coefficient (Wildman–Crippen LogP) is 2.25. The van der Waals surface area contributed by atoms with E-state index >= 15 is 0 Å². The largest absolute Gasteiger partial charge is 0.444 e. The summed E-state index contributed by atoms with van der Waals surface area (Å²) in [5.74, 6) is -0.979. The fraction of sp³-hybridized carbons (Fsp3) is 0.562. The SMILES string of the molecule is CC(C)(C)OC(=O)N1CCC(NS(=O)(=O)Cc2ccccc2F)C1. The van der Waals surface area contributed by atoms with Gasteiger partial charge in [0.15, 0.2) is 0 Å². The molecule has 2 rings (SSSR count). The molecule has 1 aliphatic rings. The minimum absolute atomic E-state index is 0.118. The molecule has 1 saturated heterocycles. The van der Waals surface area contributed by atoms with Crippen LogP contribution in [0.4, 0.5) is 9.18 Å². The van der Waals surface area contributed by atoms with Gasteiger partial charge in [0, 0.05) is 24.7 Å². The average molecular weight is 358 g/mol. The van der Waals surface area contributed by atoms with Crippen molar-refractivity contribution in [2.75, 3.05) is 13.1 Å². The van der Waals surface area contributed by atoms with Crippen molar-refractivity contribution in [3.63, 3.8) is 0 Å². The number of carbonyl (C=O) groups excluding carboxylic acids is 1. The monoisotopic (exact) mass is 358 g/mol. The standard InChI is InChI=1S/C16H23FN2O4S/c1-16(2,3)23-15(20)19-9-8-13(10-19)18-24(21,22)11-12-6-4-5-7-14(12)17/h4-7,13,18H,8-11H2,1-3H3. The third-order valence-corrected chi connectivity index (χ3v) is 4.87. The molecule has 134 valence electrons. The van der Waals surface area contributed by atoms with Crippen LogP contribution in [0.5, 0.6) is 0 Å². The molecule has 0 bridgehead atoms. The maximum Gasteiger partial charge on any atom is 0.410 e. The number of halogens is 1. The highest BCUT2D eigenvalue weighted by Gasteiger charge is 2.32. The van der Waals surface area contributed by atoms with E-state index in [1.54, 1.807) is 26.8 Å². The zero-order chi connectivity index (χ0) is 18.0. The first-order valence-electron chi connectivity index (χ1n) is 7.77. The minimum Gasteiger partial charge on any atom is -0.444 e. The maximum atomic E-state index is 13.6. The Morgan fingerprint density at radius 1 is 1.38 bits per heavy atom. The number of nitrogens with one attached hydrogen (secondary N) is 1. The van der Waals surface area contributed by atoms with E-state index in [2.05, 4.69) is 4.72 Å². The van der Waals surface area contributed by atoms with E-state index in [1.807, 2.05) is 0 Å². The van der Waals surface area contributed by atoms with E-state index in [0.29, 0.717) is 13.0 Å². The van der Waals surface area contributed by atoms with Gasteiger partial charge in [-0.1, -0.05) is 18.2 Å². The van der Waals surface area contributed by atoms with Gasteiger partial charge in [-0.2, -0.15) is 0 Å². The number of rotatable bonds is 4. The normalized spacial score (nSPS) is 18.7. The van der Waals surface area contributed by atoms with Crippen molar-refractivity contribution in [2.45, 2.75) is 44.6 Å². The fourth-order valence-electron chi connectivity index (χ4n) is 2.46. The molecule has 0 radical (unpaired) electrons. The van der Waals surface area contributed by atoms with Crippen molar-refractivity contribution >= 4 is 16.1 Å². The van der Waals surface area contributed by atoms with E-state index in [9.17, 15) is 17.6 Å². The Morgan fingerprint density at radius 3 is 2.67 bits per heavy atom. The summed E-state index contributed by atoms with van der Waals surface area (Å²) in [5.41, 5.74) is -0.480. The molecular formula is C16H23FN2O4S. The highest BCUT2D eigenvalue weighted by Crippen LogP contribution is 2.17. The first-order chi connectivity index (χ1) is 11.1. The molecule has 1 aromatic carbocycles. The zero-order valence-electron chi connectivity index (χ0n) is 14.1. The predicted molar refractivity (Wildman–Crippen MR) is 88.4 cm³/mol. The first kappa shape index (κ1) is 18.7. The number of carbonyl (C=O) groups is 1. The van der Waals surface area contributed by atoms with Crippen LogP contribution in [0.3, 0.4) is 0 Å². The lowest BCUT2D eigenvalue weighted by molar-refractivity contribution is 0.0292. The molecule has 1 aromatic rings. The molecule has 0 saturated carbocycles. The molecule has 1 aliphatic heterocycles. The Hall–Kier alpha value is -1.67. The molecule has 1 N–H and O–H groups in total. The second kappa shape index (κ2) is 7.06. The molecule has 0 spiro atoms. The van der Waals surface area contributed by atoms with Gasteiger partial charge in [0.25, 0.3) is 0 Å². The lowest BCUT2D eigenvalue weighted by atomic mass is 10.2. The van der Waals surface area contributed by atoms with Crippen molar-refractivity contribution in [1.29, 1.82) is 0 Å². The topological polar surface area (TPSA) is 75.7 Å². The van der Waals surface area contributed by atoms with Crippen molar-refractivity contribution < 1.29 is 22.3 Å². The molecule has 6 nitrogen and oxygen atoms in total. The second-order valence-electron chi connectivity index (χ2n) is 6.88. The van der Waals surface area contributed by atoms with Gasteiger partial charge in [0.2, 0.25) is 10.0 Å². The Kier molecular flexibility index (Phi) is 5.49. The molecule has 1 fully saturated rings. The van der Waals surface area contributed by atoms with Gasteiger partial charge in [0.05, 0.1) is 5.75 Å². The Balaban J connectivity index is 1.92. The Labute approximate surface area is 142 Å². The smallest absolute Gasteiger partial charge is 0.410 e. The summed E-state index contributed by atoms with van der Waals surface area (Å²) in [7, 11) is -3.69.